The highest BCUT2D eigenvalue weighted by molar-refractivity contribution is 5.89. The third-order valence-corrected chi connectivity index (χ3v) is 4.71. The van der Waals surface area contributed by atoms with Gasteiger partial charge in [0.25, 0.3) is 0 Å². The molecule has 128 valence electrons. The van der Waals surface area contributed by atoms with E-state index in [1.807, 2.05) is 30.0 Å². The van der Waals surface area contributed by atoms with Crippen LogP contribution in [-0.2, 0) is 0 Å². The van der Waals surface area contributed by atoms with E-state index in [1.54, 1.807) is 18.2 Å². The van der Waals surface area contributed by atoms with Crippen molar-refractivity contribution in [3.05, 3.63) is 65.5 Å². The average molecular weight is 337 g/mol. The van der Waals surface area contributed by atoms with Crippen molar-refractivity contribution in [1.82, 2.24) is 4.90 Å². The molecule has 25 heavy (non-hydrogen) atoms. The third-order valence-electron chi connectivity index (χ3n) is 4.71. The van der Waals surface area contributed by atoms with Crippen molar-refractivity contribution >= 4 is 11.7 Å². The number of nitrogens with zero attached hydrogens (tertiary/aromatic N) is 2. The maximum absolute atomic E-state index is 13.0. The lowest BCUT2D eigenvalue weighted by Crippen LogP contribution is -2.47. The number of hydrogen-bond donors (Lipinski definition) is 1. The molecule has 1 aliphatic rings. The molecule has 1 atom stereocenters. The number of urea groups is 1. The van der Waals surface area contributed by atoms with E-state index in [1.165, 1.54) is 12.1 Å². The average Bonchev–Trinajstić information content (AvgIpc) is 2.59. The Bertz CT molecular complexity index is 793. The second kappa shape index (κ2) is 7.35. The first-order valence-corrected chi connectivity index (χ1v) is 8.43. The van der Waals surface area contributed by atoms with E-state index >= 15 is 0 Å². The van der Waals surface area contributed by atoms with Gasteiger partial charge in [0.2, 0.25) is 0 Å². The predicted molar refractivity (Wildman–Crippen MR) is 94.5 cm³/mol. The number of nitrogens with one attached hydrogen (secondary N) is 1. The molecule has 1 fully saturated rings. The van der Waals surface area contributed by atoms with Gasteiger partial charge in [0, 0.05) is 11.7 Å². The van der Waals surface area contributed by atoms with Crippen molar-refractivity contribution < 1.29 is 9.18 Å². The molecule has 0 aliphatic heterocycles. The van der Waals surface area contributed by atoms with E-state index in [0.29, 0.717) is 11.3 Å². The van der Waals surface area contributed by atoms with E-state index in [0.717, 1.165) is 24.8 Å². The first-order chi connectivity index (χ1) is 12.1. The highest BCUT2D eigenvalue weighted by Crippen LogP contribution is 2.33. The summed E-state index contributed by atoms with van der Waals surface area (Å²) >= 11 is 0. The van der Waals surface area contributed by atoms with E-state index in [2.05, 4.69) is 11.4 Å². The van der Waals surface area contributed by atoms with E-state index in [4.69, 9.17) is 5.26 Å². The lowest BCUT2D eigenvalue weighted by molar-refractivity contribution is 0.120. The number of benzene rings is 2. The summed E-state index contributed by atoms with van der Waals surface area (Å²) in [5, 5.41) is 12.0. The van der Waals surface area contributed by atoms with Crippen molar-refractivity contribution in [2.45, 2.75) is 38.3 Å². The van der Waals surface area contributed by atoms with Crippen LogP contribution in [0.5, 0.6) is 0 Å². The minimum absolute atomic E-state index is 0.154. The Morgan fingerprint density at radius 2 is 2.00 bits per heavy atom. The largest absolute Gasteiger partial charge is 0.322 e. The summed E-state index contributed by atoms with van der Waals surface area (Å²) < 4.78 is 13.0. The summed E-state index contributed by atoms with van der Waals surface area (Å²) in [6.07, 6.45) is 3.05. The number of nitriles is 1. The van der Waals surface area contributed by atoms with Crippen LogP contribution in [0.2, 0.25) is 0 Å². The van der Waals surface area contributed by atoms with Gasteiger partial charge in [0.05, 0.1) is 17.7 Å². The van der Waals surface area contributed by atoms with E-state index in [-0.39, 0.29) is 23.9 Å². The van der Waals surface area contributed by atoms with Crippen LogP contribution < -0.4 is 5.32 Å². The fourth-order valence-electron chi connectivity index (χ4n) is 3.07. The van der Waals surface area contributed by atoms with Gasteiger partial charge in [-0.25, -0.2) is 9.18 Å². The van der Waals surface area contributed by atoms with Crippen LogP contribution in [0.1, 0.15) is 43.4 Å². The summed E-state index contributed by atoms with van der Waals surface area (Å²) in [5.41, 5.74) is 2.07. The molecule has 0 saturated heterocycles. The summed E-state index contributed by atoms with van der Waals surface area (Å²) in [6.45, 7) is 1.97. The molecule has 3 rings (SSSR count). The Kier molecular flexibility index (Phi) is 4.99. The molecule has 0 unspecified atom stereocenters. The molecule has 0 spiro atoms. The number of halogens is 1. The number of rotatable bonds is 4. The van der Waals surface area contributed by atoms with Gasteiger partial charge in [-0.15, -0.1) is 0 Å². The van der Waals surface area contributed by atoms with Crippen LogP contribution >= 0.6 is 0 Å². The number of hydrogen-bond acceptors (Lipinski definition) is 2. The van der Waals surface area contributed by atoms with Crippen LogP contribution in [0, 0.1) is 17.1 Å². The first kappa shape index (κ1) is 17.0. The van der Waals surface area contributed by atoms with E-state index < -0.39 is 0 Å². The molecule has 5 heteroatoms. The molecule has 4 nitrogen and oxygen atoms in total. The molecule has 0 bridgehead atoms. The minimum Gasteiger partial charge on any atom is -0.315 e. The lowest BCUT2D eigenvalue weighted by Gasteiger charge is -2.41. The molecule has 1 N–H and O–H groups in total. The van der Waals surface area contributed by atoms with Gasteiger partial charge in [-0.05, 0) is 68.1 Å². The third kappa shape index (κ3) is 3.80. The molecule has 1 aliphatic carbocycles. The van der Waals surface area contributed by atoms with Gasteiger partial charge in [-0.2, -0.15) is 5.26 Å². The van der Waals surface area contributed by atoms with Crippen LogP contribution in [0.4, 0.5) is 14.9 Å². The normalized spacial score (nSPS) is 14.9. The van der Waals surface area contributed by atoms with Crippen LogP contribution in [0.15, 0.2) is 48.5 Å². The van der Waals surface area contributed by atoms with Crippen LogP contribution in [-0.4, -0.2) is 17.0 Å². The molecule has 2 aromatic rings. The van der Waals surface area contributed by atoms with Gasteiger partial charge >= 0.3 is 6.03 Å². The zero-order chi connectivity index (χ0) is 17.8. The van der Waals surface area contributed by atoms with Gasteiger partial charge in [-0.1, -0.05) is 12.1 Å². The fraction of sp³-hybridized carbons (Fsp3) is 0.300. The smallest absolute Gasteiger partial charge is 0.315 e. The number of carbonyl (C=O) groups is 1. The lowest BCUT2D eigenvalue weighted by atomic mass is 9.89. The second-order valence-electron chi connectivity index (χ2n) is 6.34. The van der Waals surface area contributed by atoms with Crippen molar-refractivity contribution in [2.75, 3.05) is 5.32 Å². The van der Waals surface area contributed by atoms with E-state index in [9.17, 15) is 9.18 Å². The first-order valence-electron chi connectivity index (χ1n) is 8.43. The van der Waals surface area contributed by atoms with Gasteiger partial charge in [-0.3, -0.25) is 0 Å². The SMILES string of the molecule is C[C@@H](c1cccc(C#N)c1)N(C(=O)Nc1ccc(F)cc1)C1CCC1. The molecule has 2 amide bonds. The molecule has 0 aromatic heterocycles. The maximum Gasteiger partial charge on any atom is 0.322 e. The quantitative estimate of drug-likeness (QED) is 0.867. The Balaban J connectivity index is 1.82. The molecular weight excluding hydrogens is 317 g/mol. The summed E-state index contributed by atoms with van der Waals surface area (Å²) in [4.78, 5) is 14.7. The summed E-state index contributed by atoms with van der Waals surface area (Å²) in [5.74, 6) is -0.337. The monoisotopic (exact) mass is 337 g/mol. The summed E-state index contributed by atoms with van der Waals surface area (Å²) in [6, 6.07) is 15.0. The van der Waals surface area contributed by atoms with Crippen molar-refractivity contribution in [2.24, 2.45) is 0 Å². The predicted octanol–water partition coefficient (Wildman–Crippen LogP) is 4.84. The highest BCUT2D eigenvalue weighted by Gasteiger charge is 2.33. The maximum atomic E-state index is 13.0. The Labute approximate surface area is 146 Å². The Hall–Kier alpha value is -2.87. The standard InChI is InChI=1S/C20H20FN3O/c1-14(16-5-2-4-15(12-16)13-22)24(19-6-3-7-19)20(25)23-18-10-8-17(21)9-11-18/h2,4-5,8-12,14,19H,3,6-7H2,1H3,(H,23,25)/t14-/m0/s1. The van der Waals surface area contributed by atoms with Crippen LogP contribution in [0.3, 0.4) is 0 Å². The van der Waals surface area contributed by atoms with Gasteiger partial charge in [0.1, 0.15) is 5.82 Å². The molecular formula is C20H20FN3O. The number of amides is 2. The van der Waals surface area contributed by atoms with Crippen LogP contribution in [0.25, 0.3) is 0 Å². The topological polar surface area (TPSA) is 56.1 Å². The van der Waals surface area contributed by atoms with Crippen molar-refractivity contribution in [1.29, 1.82) is 5.26 Å². The Morgan fingerprint density at radius 3 is 2.60 bits per heavy atom. The number of carbonyl (C=O) groups excluding carboxylic acids is 1. The number of anilines is 1. The van der Waals surface area contributed by atoms with Gasteiger partial charge < -0.3 is 10.2 Å². The van der Waals surface area contributed by atoms with Crippen molar-refractivity contribution in [3.63, 3.8) is 0 Å². The zero-order valence-electron chi connectivity index (χ0n) is 14.1. The highest BCUT2D eigenvalue weighted by atomic mass is 19.1. The minimum atomic E-state index is -0.337. The summed E-state index contributed by atoms with van der Waals surface area (Å²) in [7, 11) is 0. The molecule has 2 aromatic carbocycles. The van der Waals surface area contributed by atoms with Crippen molar-refractivity contribution in [3.8, 4) is 6.07 Å². The molecule has 0 radical (unpaired) electrons. The molecule has 0 heterocycles. The molecule has 1 saturated carbocycles. The Morgan fingerprint density at radius 1 is 1.28 bits per heavy atom. The van der Waals surface area contributed by atoms with Gasteiger partial charge in [0.15, 0.2) is 0 Å². The second-order valence-corrected chi connectivity index (χ2v) is 6.34. The fourth-order valence-corrected chi connectivity index (χ4v) is 3.07. The zero-order valence-corrected chi connectivity index (χ0v) is 14.1.